The first-order chi connectivity index (χ1) is 16.2. The number of fused-ring (bicyclic) bond motifs is 1. The molecule has 2 aromatic carbocycles. The predicted octanol–water partition coefficient (Wildman–Crippen LogP) is 6.12. The van der Waals surface area contributed by atoms with E-state index in [9.17, 15) is 9.50 Å². The largest absolute Gasteiger partial charge is 0.508 e. The number of alkyl halides is 1. The van der Waals surface area contributed by atoms with Crippen molar-refractivity contribution in [3.63, 3.8) is 0 Å². The second-order valence-electron chi connectivity index (χ2n) is 8.86. The minimum absolute atomic E-state index is 0. The van der Waals surface area contributed by atoms with Crippen LogP contribution >= 0.6 is 0 Å². The van der Waals surface area contributed by atoms with Gasteiger partial charge in [-0.1, -0.05) is 30.8 Å². The molecule has 1 fully saturated rings. The van der Waals surface area contributed by atoms with E-state index < -0.39 is 0 Å². The van der Waals surface area contributed by atoms with Gasteiger partial charge in [-0.25, -0.2) is 0 Å². The first kappa shape index (κ1) is 24.0. The van der Waals surface area contributed by atoms with Gasteiger partial charge in [0.15, 0.2) is 0 Å². The number of halogens is 1. The standard InChI is InChI=1S/C27H29FN2O3.CH4/c28-12-2-13-30-14-11-24(17-30)33-23-8-5-19(6-9-23)27-25(21-16-29-32-18-21)4-1-3-20-15-22(31)7-10-26(20)27;/h5-10,15-16,18,24,31H,1-4,11-14,17H2;1H4/t24-;/m0./s1. The van der Waals surface area contributed by atoms with Crippen molar-refractivity contribution < 1.29 is 18.8 Å². The molecule has 0 radical (unpaired) electrons. The lowest BCUT2D eigenvalue weighted by Gasteiger charge is -2.18. The van der Waals surface area contributed by atoms with Gasteiger partial charge in [0.2, 0.25) is 0 Å². The lowest BCUT2D eigenvalue weighted by molar-refractivity contribution is 0.198. The Morgan fingerprint density at radius 1 is 1.12 bits per heavy atom. The second-order valence-corrected chi connectivity index (χ2v) is 8.86. The summed E-state index contributed by atoms with van der Waals surface area (Å²) in [5, 5.41) is 14.0. The molecule has 3 aromatic rings. The topological polar surface area (TPSA) is 58.7 Å². The Kier molecular flexibility index (Phi) is 7.68. The summed E-state index contributed by atoms with van der Waals surface area (Å²) >= 11 is 0. The number of rotatable bonds is 7. The highest BCUT2D eigenvalue weighted by atomic mass is 19.1. The van der Waals surface area contributed by atoms with E-state index in [1.54, 1.807) is 18.5 Å². The van der Waals surface area contributed by atoms with Crippen LogP contribution in [-0.4, -0.2) is 47.6 Å². The van der Waals surface area contributed by atoms with E-state index in [-0.39, 0.29) is 20.2 Å². The van der Waals surface area contributed by atoms with Gasteiger partial charge in [-0.05, 0) is 84.2 Å². The molecule has 5 nitrogen and oxygen atoms in total. The molecular weight excluding hydrogens is 431 g/mol. The van der Waals surface area contributed by atoms with Crippen molar-refractivity contribution in [1.29, 1.82) is 0 Å². The van der Waals surface area contributed by atoms with Gasteiger partial charge < -0.3 is 14.4 Å². The first-order valence-electron chi connectivity index (χ1n) is 11.7. The molecule has 2 aliphatic rings. The molecular formula is C28H33FN2O3. The maximum absolute atomic E-state index is 12.5. The monoisotopic (exact) mass is 464 g/mol. The summed E-state index contributed by atoms with van der Waals surface area (Å²) in [5.74, 6) is 1.14. The molecule has 0 bridgehead atoms. The zero-order valence-electron chi connectivity index (χ0n) is 18.7. The minimum Gasteiger partial charge on any atom is -0.508 e. The molecule has 0 amide bonds. The maximum Gasteiger partial charge on any atom is 0.131 e. The number of aromatic hydroxyl groups is 1. The van der Waals surface area contributed by atoms with E-state index in [2.05, 4.69) is 22.2 Å². The van der Waals surface area contributed by atoms with Crippen LogP contribution < -0.4 is 4.74 Å². The lowest BCUT2D eigenvalue weighted by Crippen LogP contribution is -2.26. The normalized spacial score (nSPS) is 18.3. The minimum atomic E-state index is -0.265. The Hall–Kier alpha value is -3.12. The van der Waals surface area contributed by atoms with E-state index in [0.29, 0.717) is 12.2 Å². The van der Waals surface area contributed by atoms with Crippen LogP contribution in [-0.2, 0) is 6.42 Å². The number of aromatic nitrogens is 1. The third-order valence-corrected chi connectivity index (χ3v) is 6.60. The van der Waals surface area contributed by atoms with Crippen molar-refractivity contribution in [2.45, 2.75) is 45.6 Å². The molecule has 1 N–H and O–H groups in total. The number of nitrogens with zero attached hydrogens (tertiary/aromatic N) is 2. The van der Waals surface area contributed by atoms with Gasteiger partial charge in [-0.15, -0.1) is 0 Å². The van der Waals surface area contributed by atoms with Gasteiger partial charge in [-0.2, -0.15) is 0 Å². The third-order valence-electron chi connectivity index (χ3n) is 6.60. The van der Waals surface area contributed by atoms with Crippen LogP contribution in [0.2, 0.25) is 0 Å². The fourth-order valence-electron chi connectivity index (χ4n) is 5.02. The molecule has 0 unspecified atom stereocenters. The molecule has 180 valence electrons. The number of phenolic OH excluding ortho intramolecular Hbond substituents is 1. The van der Waals surface area contributed by atoms with Crippen molar-refractivity contribution in [3.05, 3.63) is 77.2 Å². The van der Waals surface area contributed by atoms with E-state index >= 15 is 0 Å². The Balaban J connectivity index is 0.00000274. The Morgan fingerprint density at radius 3 is 2.74 bits per heavy atom. The molecule has 34 heavy (non-hydrogen) atoms. The molecule has 1 aliphatic heterocycles. The molecule has 1 saturated heterocycles. The van der Waals surface area contributed by atoms with E-state index in [1.165, 1.54) is 5.57 Å². The highest BCUT2D eigenvalue weighted by molar-refractivity contribution is 5.99. The average Bonchev–Trinajstić information content (AvgIpc) is 3.48. The van der Waals surface area contributed by atoms with E-state index in [4.69, 9.17) is 9.26 Å². The van der Waals surface area contributed by atoms with Crippen LogP contribution in [0.15, 0.2) is 59.4 Å². The number of hydrogen-bond donors (Lipinski definition) is 1. The SMILES string of the molecule is C.Oc1ccc2c(c1)CCCC(c1cnoc1)=C2c1ccc(O[C@H]2CCN(CCCF)C2)cc1. The molecule has 2 heterocycles. The average molecular weight is 465 g/mol. The van der Waals surface area contributed by atoms with Crippen LogP contribution in [0.4, 0.5) is 4.39 Å². The molecule has 1 aliphatic carbocycles. The zero-order chi connectivity index (χ0) is 22.6. The Bertz CT molecular complexity index is 1110. The summed E-state index contributed by atoms with van der Waals surface area (Å²) < 4.78 is 23.8. The summed E-state index contributed by atoms with van der Waals surface area (Å²) in [6.45, 7) is 2.34. The van der Waals surface area contributed by atoms with Gasteiger partial charge in [-0.3, -0.25) is 9.29 Å². The summed E-state index contributed by atoms with van der Waals surface area (Å²) in [7, 11) is 0. The van der Waals surface area contributed by atoms with Crippen molar-refractivity contribution in [2.75, 3.05) is 26.3 Å². The second kappa shape index (κ2) is 10.9. The Labute approximate surface area is 200 Å². The number of likely N-dealkylation sites (tertiary alicyclic amines) is 1. The maximum atomic E-state index is 12.5. The first-order valence-corrected chi connectivity index (χ1v) is 11.7. The lowest BCUT2D eigenvalue weighted by atomic mass is 9.89. The van der Waals surface area contributed by atoms with Gasteiger partial charge in [0.1, 0.15) is 23.9 Å². The highest BCUT2D eigenvalue weighted by Crippen LogP contribution is 2.41. The zero-order valence-corrected chi connectivity index (χ0v) is 18.7. The van der Waals surface area contributed by atoms with Crippen LogP contribution in [0, 0.1) is 0 Å². The van der Waals surface area contributed by atoms with Crippen LogP contribution in [0.5, 0.6) is 11.5 Å². The predicted molar refractivity (Wildman–Crippen MR) is 133 cm³/mol. The number of phenols is 1. The summed E-state index contributed by atoms with van der Waals surface area (Å²) in [6, 6.07) is 13.9. The van der Waals surface area contributed by atoms with Crippen LogP contribution in [0.1, 0.15) is 55.4 Å². The van der Waals surface area contributed by atoms with Crippen molar-refractivity contribution in [3.8, 4) is 11.5 Å². The summed E-state index contributed by atoms with van der Waals surface area (Å²) in [6.07, 6.45) is 7.97. The molecule has 1 atom stereocenters. The summed E-state index contributed by atoms with van der Waals surface area (Å²) in [5.41, 5.74) is 6.73. The van der Waals surface area contributed by atoms with Crippen molar-refractivity contribution >= 4 is 11.1 Å². The molecule has 1 aromatic heterocycles. The van der Waals surface area contributed by atoms with Gasteiger partial charge in [0, 0.05) is 25.2 Å². The molecule has 5 rings (SSSR count). The van der Waals surface area contributed by atoms with Gasteiger partial charge in [0.05, 0.1) is 12.9 Å². The smallest absolute Gasteiger partial charge is 0.131 e. The molecule has 6 heteroatoms. The quantitative estimate of drug-likeness (QED) is 0.456. The molecule has 0 spiro atoms. The Morgan fingerprint density at radius 2 is 1.97 bits per heavy atom. The van der Waals surface area contributed by atoms with Crippen molar-refractivity contribution in [2.24, 2.45) is 0 Å². The summed E-state index contributed by atoms with van der Waals surface area (Å²) in [4.78, 5) is 2.27. The molecule has 0 saturated carbocycles. The fraction of sp³-hybridized carbons (Fsp3) is 0.393. The van der Waals surface area contributed by atoms with E-state index in [1.807, 2.05) is 24.3 Å². The number of aryl methyl sites for hydroxylation is 1. The third kappa shape index (κ3) is 5.17. The highest BCUT2D eigenvalue weighted by Gasteiger charge is 2.24. The van der Waals surface area contributed by atoms with Crippen molar-refractivity contribution in [1.82, 2.24) is 10.1 Å². The van der Waals surface area contributed by atoms with Gasteiger partial charge >= 0.3 is 0 Å². The number of hydrogen-bond acceptors (Lipinski definition) is 5. The fourth-order valence-corrected chi connectivity index (χ4v) is 5.02. The van der Waals surface area contributed by atoms with Crippen LogP contribution in [0.3, 0.4) is 0 Å². The van der Waals surface area contributed by atoms with E-state index in [0.717, 1.165) is 78.9 Å². The van der Waals surface area contributed by atoms with Gasteiger partial charge in [0.25, 0.3) is 0 Å². The number of benzene rings is 2. The van der Waals surface area contributed by atoms with Crippen LogP contribution in [0.25, 0.3) is 11.1 Å². The number of ether oxygens (including phenoxy) is 1. The number of allylic oxidation sites excluding steroid dienone is 1.